The van der Waals surface area contributed by atoms with Gasteiger partial charge in [-0.2, -0.15) is 0 Å². The minimum Gasteiger partial charge on any atom is -0.352 e. The van der Waals surface area contributed by atoms with Gasteiger partial charge in [-0.25, -0.2) is 0 Å². The number of benzene rings is 2. The Bertz CT molecular complexity index is 874. The van der Waals surface area contributed by atoms with Crippen molar-refractivity contribution in [1.82, 2.24) is 10.6 Å². The average Bonchev–Trinajstić information content (AvgIpc) is 3.22. The van der Waals surface area contributed by atoms with Gasteiger partial charge in [-0.3, -0.25) is 9.59 Å². The van der Waals surface area contributed by atoms with Crippen LogP contribution in [0.1, 0.15) is 38.8 Å². The molecule has 3 rings (SSSR count). The molecular formula is C22H22N2O2S. The summed E-state index contributed by atoms with van der Waals surface area (Å²) in [6, 6.07) is 21.0. The largest absolute Gasteiger partial charge is 0.352 e. The minimum atomic E-state index is -0.178. The Balaban J connectivity index is 1.58. The van der Waals surface area contributed by atoms with Gasteiger partial charge in [0.05, 0.1) is 6.04 Å². The molecule has 0 aliphatic carbocycles. The highest BCUT2D eigenvalue weighted by Crippen LogP contribution is 2.26. The third-order valence-electron chi connectivity index (χ3n) is 4.22. The molecule has 0 aliphatic rings. The standard InChI is InChI=1S/C22H22N2O2S/c1-16-9-11-17(12-10-16)21(19-8-5-15-27-19)24-20(25)13-14-23-22(26)18-6-3-2-4-7-18/h2-12,15,21H,13-14H2,1H3,(H,23,26)(H,24,25). The van der Waals surface area contributed by atoms with E-state index in [1.165, 1.54) is 5.56 Å². The molecule has 1 heterocycles. The van der Waals surface area contributed by atoms with Crippen LogP contribution in [0.5, 0.6) is 0 Å². The predicted octanol–water partition coefficient (Wildman–Crippen LogP) is 4.08. The van der Waals surface area contributed by atoms with Crippen LogP contribution in [0.25, 0.3) is 0 Å². The number of carbonyl (C=O) groups excluding carboxylic acids is 2. The lowest BCUT2D eigenvalue weighted by Crippen LogP contribution is -2.33. The van der Waals surface area contributed by atoms with Crippen molar-refractivity contribution in [1.29, 1.82) is 0 Å². The second-order valence-corrected chi connectivity index (χ2v) is 7.28. The SMILES string of the molecule is Cc1ccc(C(NC(=O)CCNC(=O)c2ccccc2)c2cccs2)cc1. The number of amides is 2. The zero-order valence-corrected chi connectivity index (χ0v) is 16.0. The first-order valence-corrected chi connectivity index (χ1v) is 9.74. The molecule has 1 aromatic heterocycles. The van der Waals surface area contributed by atoms with Crippen LogP contribution in [-0.2, 0) is 4.79 Å². The summed E-state index contributed by atoms with van der Waals surface area (Å²) in [5.41, 5.74) is 2.82. The maximum absolute atomic E-state index is 12.4. The van der Waals surface area contributed by atoms with Crippen molar-refractivity contribution in [3.8, 4) is 0 Å². The highest BCUT2D eigenvalue weighted by Gasteiger charge is 2.18. The van der Waals surface area contributed by atoms with Gasteiger partial charge < -0.3 is 10.6 Å². The Morgan fingerprint density at radius 3 is 2.37 bits per heavy atom. The Labute approximate surface area is 163 Å². The number of thiophene rings is 1. The van der Waals surface area contributed by atoms with E-state index in [2.05, 4.69) is 10.6 Å². The van der Waals surface area contributed by atoms with Gasteiger partial charge in [0.15, 0.2) is 0 Å². The number of rotatable bonds is 7. The Hall–Kier alpha value is -2.92. The van der Waals surface area contributed by atoms with Gasteiger partial charge in [0.2, 0.25) is 5.91 Å². The van der Waals surface area contributed by atoms with Gasteiger partial charge in [0.1, 0.15) is 0 Å². The first kappa shape index (κ1) is 18.9. The molecule has 0 bridgehead atoms. The van der Waals surface area contributed by atoms with E-state index in [4.69, 9.17) is 0 Å². The van der Waals surface area contributed by atoms with Crippen LogP contribution in [-0.4, -0.2) is 18.4 Å². The molecule has 4 nitrogen and oxygen atoms in total. The van der Waals surface area contributed by atoms with E-state index in [1.807, 2.05) is 66.9 Å². The molecule has 0 spiro atoms. The fraction of sp³-hybridized carbons (Fsp3) is 0.182. The van der Waals surface area contributed by atoms with Crippen molar-refractivity contribution in [2.45, 2.75) is 19.4 Å². The number of aryl methyl sites for hydroxylation is 1. The molecule has 27 heavy (non-hydrogen) atoms. The molecular weight excluding hydrogens is 356 g/mol. The van der Waals surface area contributed by atoms with Crippen molar-refractivity contribution < 1.29 is 9.59 Å². The van der Waals surface area contributed by atoms with E-state index < -0.39 is 0 Å². The van der Waals surface area contributed by atoms with Crippen LogP contribution in [0.4, 0.5) is 0 Å². The van der Waals surface area contributed by atoms with E-state index in [0.717, 1.165) is 10.4 Å². The van der Waals surface area contributed by atoms with Crippen LogP contribution in [0.15, 0.2) is 72.1 Å². The molecule has 138 valence electrons. The average molecular weight is 378 g/mol. The molecule has 0 aliphatic heterocycles. The topological polar surface area (TPSA) is 58.2 Å². The van der Waals surface area contributed by atoms with Crippen molar-refractivity contribution in [3.05, 3.63) is 93.7 Å². The molecule has 2 aromatic carbocycles. The van der Waals surface area contributed by atoms with Crippen LogP contribution in [0.2, 0.25) is 0 Å². The van der Waals surface area contributed by atoms with Crippen molar-refractivity contribution in [2.24, 2.45) is 0 Å². The molecule has 5 heteroatoms. The van der Waals surface area contributed by atoms with Crippen molar-refractivity contribution in [3.63, 3.8) is 0 Å². The van der Waals surface area contributed by atoms with Gasteiger partial charge >= 0.3 is 0 Å². The van der Waals surface area contributed by atoms with Crippen LogP contribution >= 0.6 is 11.3 Å². The van der Waals surface area contributed by atoms with Crippen LogP contribution in [0.3, 0.4) is 0 Å². The smallest absolute Gasteiger partial charge is 0.251 e. The summed E-state index contributed by atoms with van der Waals surface area (Å²) < 4.78 is 0. The van der Waals surface area contributed by atoms with Gasteiger partial charge in [-0.1, -0.05) is 54.1 Å². The summed E-state index contributed by atoms with van der Waals surface area (Å²) in [5, 5.41) is 7.88. The summed E-state index contributed by atoms with van der Waals surface area (Å²) in [6.45, 7) is 2.34. The minimum absolute atomic E-state index is 0.0951. The summed E-state index contributed by atoms with van der Waals surface area (Å²) in [7, 11) is 0. The molecule has 0 fully saturated rings. The van der Waals surface area contributed by atoms with Crippen LogP contribution in [0, 0.1) is 6.92 Å². The van der Waals surface area contributed by atoms with Crippen molar-refractivity contribution in [2.75, 3.05) is 6.54 Å². The number of carbonyl (C=O) groups is 2. The highest BCUT2D eigenvalue weighted by atomic mass is 32.1. The fourth-order valence-corrected chi connectivity index (χ4v) is 3.55. The van der Waals surface area contributed by atoms with Crippen molar-refractivity contribution >= 4 is 23.2 Å². The van der Waals surface area contributed by atoms with Gasteiger partial charge in [0.25, 0.3) is 5.91 Å². The monoisotopic (exact) mass is 378 g/mol. The molecule has 2 N–H and O–H groups in total. The quantitative estimate of drug-likeness (QED) is 0.651. The van der Waals surface area contributed by atoms with E-state index in [1.54, 1.807) is 23.5 Å². The zero-order chi connectivity index (χ0) is 19.1. The van der Waals surface area contributed by atoms with Crippen LogP contribution < -0.4 is 10.6 Å². The highest BCUT2D eigenvalue weighted by molar-refractivity contribution is 7.10. The Morgan fingerprint density at radius 1 is 0.963 bits per heavy atom. The lowest BCUT2D eigenvalue weighted by Gasteiger charge is -2.18. The number of hydrogen-bond acceptors (Lipinski definition) is 3. The normalized spacial score (nSPS) is 11.6. The number of nitrogens with one attached hydrogen (secondary N) is 2. The summed E-state index contributed by atoms with van der Waals surface area (Å²) in [4.78, 5) is 25.6. The number of hydrogen-bond donors (Lipinski definition) is 2. The zero-order valence-electron chi connectivity index (χ0n) is 15.1. The van der Waals surface area contributed by atoms with E-state index >= 15 is 0 Å². The molecule has 3 aromatic rings. The molecule has 1 atom stereocenters. The Kier molecular flexibility index (Phi) is 6.39. The van der Waals surface area contributed by atoms with Gasteiger partial charge in [-0.15, -0.1) is 11.3 Å². The van der Waals surface area contributed by atoms with E-state index in [0.29, 0.717) is 12.1 Å². The van der Waals surface area contributed by atoms with Gasteiger partial charge in [-0.05, 0) is 36.1 Å². The Morgan fingerprint density at radius 2 is 1.70 bits per heavy atom. The lowest BCUT2D eigenvalue weighted by atomic mass is 10.0. The van der Waals surface area contributed by atoms with E-state index in [-0.39, 0.29) is 24.3 Å². The first-order valence-electron chi connectivity index (χ1n) is 8.86. The molecule has 2 amide bonds. The second-order valence-electron chi connectivity index (χ2n) is 6.30. The molecule has 0 radical (unpaired) electrons. The summed E-state index contributed by atoms with van der Waals surface area (Å²) in [6.07, 6.45) is 0.228. The predicted molar refractivity (Wildman–Crippen MR) is 109 cm³/mol. The maximum atomic E-state index is 12.4. The lowest BCUT2D eigenvalue weighted by molar-refractivity contribution is -0.121. The molecule has 1 unspecified atom stereocenters. The molecule has 0 saturated carbocycles. The molecule has 0 saturated heterocycles. The summed E-state index contributed by atoms with van der Waals surface area (Å²) >= 11 is 1.61. The third kappa shape index (κ3) is 5.28. The van der Waals surface area contributed by atoms with E-state index in [9.17, 15) is 9.59 Å². The fourth-order valence-electron chi connectivity index (χ4n) is 2.75. The summed E-state index contributed by atoms with van der Waals surface area (Å²) in [5.74, 6) is -0.265. The first-order chi connectivity index (χ1) is 13.1. The maximum Gasteiger partial charge on any atom is 0.251 e. The third-order valence-corrected chi connectivity index (χ3v) is 5.15. The van der Waals surface area contributed by atoms with Gasteiger partial charge in [0, 0.05) is 23.4 Å². The second kappa shape index (κ2) is 9.14.